The summed E-state index contributed by atoms with van der Waals surface area (Å²) >= 11 is 3.14. The van der Waals surface area contributed by atoms with Crippen LogP contribution in [0.1, 0.15) is 60.2 Å². The molecule has 1 saturated carbocycles. The van der Waals surface area contributed by atoms with Gasteiger partial charge in [-0.15, -0.1) is 11.3 Å². The van der Waals surface area contributed by atoms with Crippen molar-refractivity contribution in [2.75, 3.05) is 16.4 Å². The zero-order chi connectivity index (χ0) is 21.1. The van der Waals surface area contributed by atoms with E-state index in [2.05, 4.69) is 19.1 Å². The minimum atomic E-state index is -0.948. The molecule has 2 heterocycles. The van der Waals surface area contributed by atoms with Gasteiger partial charge in [0, 0.05) is 23.6 Å². The highest BCUT2D eigenvalue weighted by Crippen LogP contribution is 2.41. The number of amides is 1. The number of thiophene rings is 1. The highest BCUT2D eigenvalue weighted by Gasteiger charge is 2.40. The summed E-state index contributed by atoms with van der Waals surface area (Å²) in [4.78, 5) is 28.0. The molecule has 6 heteroatoms. The van der Waals surface area contributed by atoms with E-state index >= 15 is 0 Å². The average molecular weight is 444 g/mol. The molecule has 0 radical (unpaired) electrons. The normalized spacial score (nSPS) is 26.8. The van der Waals surface area contributed by atoms with Crippen LogP contribution in [0.2, 0.25) is 0 Å². The van der Waals surface area contributed by atoms with E-state index in [0.29, 0.717) is 11.6 Å². The van der Waals surface area contributed by atoms with Crippen molar-refractivity contribution >= 4 is 40.7 Å². The highest BCUT2D eigenvalue weighted by molar-refractivity contribution is 7.99. The molecule has 0 bridgehead atoms. The van der Waals surface area contributed by atoms with Gasteiger partial charge in [0.1, 0.15) is 4.88 Å². The topological polar surface area (TPSA) is 57.6 Å². The summed E-state index contributed by atoms with van der Waals surface area (Å²) in [7, 11) is 0. The van der Waals surface area contributed by atoms with Gasteiger partial charge in [-0.1, -0.05) is 37.3 Å². The van der Waals surface area contributed by atoms with Crippen molar-refractivity contribution in [3.8, 4) is 0 Å². The number of benzene rings is 1. The van der Waals surface area contributed by atoms with E-state index in [1.807, 2.05) is 40.9 Å². The Balaban J connectivity index is 1.73. The van der Waals surface area contributed by atoms with E-state index in [1.165, 1.54) is 16.9 Å². The van der Waals surface area contributed by atoms with Crippen LogP contribution >= 0.6 is 23.1 Å². The number of carbonyl (C=O) groups excluding carboxylic acids is 1. The van der Waals surface area contributed by atoms with Gasteiger partial charge in [0.15, 0.2) is 0 Å². The first-order valence-electron chi connectivity index (χ1n) is 10.8. The summed E-state index contributed by atoms with van der Waals surface area (Å²) in [5, 5.41) is 11.6. The van der Waals surface area contributed by atoms with E-state index in [0.717, 1.165) is 43.6 Å². The predicted molar refractivity (Wildman–Crippen MR) is 125 cm³/mol. The number of hydrogen-bond acceptors (Lipinski definition) is 4. The molecule has 4 nitrogen and oxygen atoms in total. The lowest BCUT2D eigenvalue weighted by atomic mass is 9.81. The second-order valence-corrected chi connectivity index (χ2v) is 10.6. The Morgan fingerprint density at radius 2 is 1.77 bits per heavy atom. The lowest BCUT2D eigenvalue weighted by molar-refractivity contribution is -0.124. The Kier molecular flexibility index (Phi) is 6.84. The number of anilines is 1. The molecule has 2 atom stereocenters. The molecular formula is C24H29NO3S2. The molecule has 1 aliphatic carbocycles. The molecule has 2 fully saturated rings. The SMILES string of the molecule is CC1CCC(C(=O)N(c2ccsc2C(=O)O)C2CCSCC2c2ccccc2)CC1. The number of carboxylic acids is 1. The first-order chi connectivity index (χ1) is 14.6. The van der Waals surface area contributed by atoms with Crippen LogP contribution in [0.4, 0.5) is 5.69 Å². The summed E-state index contributed by atoms with van der Waals surface area (Å²) < 4.78 is 0. The largest absolute Gasteiger partial charge is 0.477 e. The molecular weight excluding hydrogens is 414 g/mol. The van der Waals surface area contributed by atoms with Crippen LogP contribution in [-0.2, 0) is 4.79 Å². The minimum absolute atomic E-state index is 0.00579. The maximum absolute atomic E-state index is 13.9. The quantitative estimate of drug-likeness (QED) is 0.625. The number of aromatic carboxylic acids is 1. The van der Waals surface area contributed by atoms with Crippen LogP contribution in [-0.4, -0.2) is 34.5 Å². The minimum Gasteiger partial charge on any atom is -0.477 e. The monoisotopic (exact) mass is 443 g/mol. The van der Waals surface area contributed by atoms with Gasteiger partial charge in [-0.3, -0.25) is 4.79 Å². The van der Waals surface area contributed by atoms with Gasteiger partial charge in [-0.05, 0) is 60.8 Å². The summed E-state index contributed by atoms with van der Waals surface area (Å²) in [6.45, 7) is 2.25. The zero-order valence-electron chi connectivity index (χ0n) is 17.3. The number of rotatable bonds is 5. The summed E-state index contributed by atoms with van der Waals surface area (Å²) in [5.41, 5.74) is 1.82. The van der Waals surface area contributed by atoms with Crippen molar-refractivity contribution in [2.45, 2.75) is 51.0 Å². The van der Waals surface area contributed by atoms with Crippen LogP contribution in [0.25, 0.3) is 0 Å². The molecule has 1 aromatic carbocycles. The predicted octanol–water partition coefficient (Wildman–Crippen LogP) is 5.89. The van der Waals surface area contributed by atoms with Gasteiger partial charge >= 0.3 is 5.97 Å². The average Bonchev–Trinajstić information content (AvgIpc) is 3.25. The first-order valence-corrected chi connectivity index (χ1v) is 12.9. The Morgan fingerprint density at radius 3 is 2.47 bits per heavy atom. The van der Waals surface area contributed by atoms with Gasteiger partial charge in [-0.2, -0.15) is 11.8 Å². The molecule has 4 rings (SSSR count). The third-order valence-corrected chi connectivity index (χ3v) is 8.59. The molecule has 1 amide bonds. The molecule has 1 aromatic heterocycles. The Hall–Kier alpha value is -1.79. The Bertz CT molecular complexity index is 874. The van der Waals surface area contributed by atoms with Crippen LogP contribution in [0.15, 0.2) is 41.8 Å². The van der Waals surface area contributed by atoms with E-state index in [4.69, 9.17) is 0 Å². The van der Waals surface area contributed by atoms with Gasteiger partial charge < -0.3 is 10.0 Å². The van der Waals surface area contributed by atoms with E-state index in [-0.39, 0.29) is 28.7 Å². The van der Waals surface area contributed by atoms with E-state index in [1.54, 1.807) is 5.38 Å². The summed E-state index contributed by atoms with van der Waals surface area (Å²) in [5.74, 6) is 1.99. The standard InChI is InChI=1S/C24H29NO3S2/c1-16-7-9-18(10-8-16)23(26)25(21-12-14-30-22(21)24(27)28)20-11-13-29-15-19(20)17-5-3-2-4-6-17/h2-6,12,14,16,18-20H,7-11,13,15H2,1H3,(H,27,28). The van der Waals surface area contributed by atoms with E-state index in [9.17, 15) is 14.7 Å². The maximum atomic E-state index is 13.9. The molecule has 0 spiro atoms. The molecule has 2 aromatic rings. The molecule has 1 aliphatic heterocycles. The van der Waals surface area contributed by atoms with Crippen molar-refractivity contribution in [3.63, 3.8) is 0 Å². The molecule has 1 N–H and O–H groups in total. The number of carboxylic acid groups (broad SMARTS) is 1. The molecule has 2 aliphatic rings. The molecule has 30 heavy (non-hydrogen) atoms. The van der Waals surface area contributed by atoms with Gasteiger partial charge in [0.25, 0.3) is 0 Å². The van der Waals surface area contributed by atoms with Crippen LogP contribution in [0.5, 0.6) is 0 Å². The fourth-order valence-corrected chi connectivity index (χ4v) is 6.84. The maximum Gasteiger partial charge on any atom is 0.348 e. The zero-order valence-corrected chi connectivity index (χ0v) is 19.0. The lowest BCUT2D eigenvalue weighted by Crippen LogP contribution is -2.49. The molecule has 2 unspecified atom stereocenters. The van der Waals surface area contributed by atoms with Crippen molar-refractivity contribution < 1.29 is 14.7 Å². The third-order valence-electron chi connectivity index (χ3n) is 6.58. The van der Waals surface area contributed by atoms with Gasteiger partial charge in [0.05, 0.1) is 5.69 Å². The van der Waals surface area contributed by atoms with Crippen LogP contribution < -0.4 is 4.90 Å². The first kappa shape index (κ1) is 21.4. The number of carbonyl (C=O) groups is 2. The lowest BCUT2D eigenvalue weighted by Gasteiger charge is -2.42. The number of hydrogen-bond donors (Lipinski definition) is 1. The Morgan fingerprint density at radius 1 is 1.03 bits per heavy atom. The van der Waals surface area contributed by atoms with Crippen molar-refractivity contribution in [3.05, 3.63) is 52.2 Å². The van der Waals surface area contributed by atoms with Gasteiger partial charge in [-0.25, -0.2) is 4.79 Å². The second kappa shape index (κ2) is 9.56. The van der Waals surface area contributed by atoms with Crippen LogP contribution in [0.3, 0.4) is 0 Å². The smallest absolute Gasteiger partial charge is 0.348 e. The van der Waals surface area contributed by atoms with Crippen molar-refractivity contribution in [1.82, 2.24) is 0 Å². The van der Waals surface area contributed by atoms with Crippen molar-refractivity contribution in [1.29, 1.82) is 0 Å². The fourth-order valence-electron chi connectivity index (χ4n) is 4.87. The number of nitrogens with zero attached hydrogens (tertiary/aromatic N) is 1. The highest BCUT2D eigenvalue weighted by atomic mass is 32.2. The van der Waals surface area contributed by atoms with Crippen LogP contribution in [0, 0.1) is 11.8 Å². The molecule has 1 saturated heterocycles. The van der Waals surface area contributed by atoms with E-state index < -0.39 is 5.97 Å². The van der Waals surface area contributed by atoms with Gasteiger partial charge in [0.2, 0.25) is 5.91 Å². The number of thioether (sulfide) groups is 1. The van der Waals surface area contributed by atoms with Crippen molar-refractivity contribution in [2.24, 2.45) is 11.8 Å². The fraction of sp³-hybridized carbons (Fsp3) is 0.500. The third kappa shape index (κ3) is 4.45. The summed E-state index contributed by atoms with van der Waals surface area (Å²) in [6.07, 6.45) is 4.83. The second-order valence-electron chi connectivity index (χ2n) is 8.55. The molecule has 160 valence electrons. The summed E-state index contributed by atoms with van der Waals surface area (Å²) in [6, 6.07) is 12.2. The Labute approximate surface area is 186 Å².